The number of aryl methyl sites for hydroxylation is 2. The van der Waals surface area contributed by atoms with Gasteiger partial charge >= 0.3 is 0 Å². The number of nitrogens with zero attached hydrogens (tertiary/aromatic N) is 1. The molecule has 0 aliphatic carbocycles. The molecule has 3 aromatic rings. The number of ether oxygens (including phenoxy) is 1. The zero-order chi connectivity index (χ0) is 23.5. The second-order valence-corrected chi connectivity index (χ2v) is 7.77. The molecular weight excluding hydrogens is 416 g/mol. The first-order valence-electron chi connectivity index (χ1n) is 11.1. The normalized spacial score (nSPS) is 11.3. The molecule has 3 N–H and O–H groups in total. The molecule has 0 aromatic heterocycles. The lowest BCUT2D eigenvalue weighted by Crippen LogP contribution is -2.27. The van der Waals surface area contributed by atoms with Gasteiger partial charge in [0.2, 0.25) is 0 Å². The molecule has 0 unspecified atom stereocenters. The van der Waals surface area contributed by atoms with Crippen molar-refractivity contribution in [2.24, 2.45) is 5.16 Å². The molecule has 0 saturated heterocycles. The number of carbonyl (C=O) groups excluding carboxylic acids is 1. The van der Waals surface area contributed by atoms with Crippen LogP contribution in [0.1, 0.15) is 46.0 Å². The van der Waals surface area contributed by atoms with Crippen LogP contribution in [0.3, 0.4) is 0 Å². The lowest BCUT2D eigenvalue weighted by molar-refractivity contribution is 0.0944. The summed E-state index contributed by atoms with van der Waals surface area (Å²) in [5.74, 6) is 0.616. The number of rotatable bonds is 11. The van der Waals surface area contributed by atoms with Gasteiger partial charge in [-0.15, -0.1) is 0 Å². The summed E-state index contributed by atoms with van der Waals surface area (Å²) in [6.45, 7) is 2.36. The fraction of sp³-hybridized carbons (Fsp3) is 0.259. The van der Waals surface area contributed by atoms with E-state index in [1.807, 2.05) is 66.7 Å². The Bertz CT molecular complexity index is 1080. The molecule has 0 atom stereocenters. The van der Waals surface area contributed by atoms with Crippen LogP contribution in [-0.4, -0.2) is 35.1 Å². The molecule has 0 aliphatic rings. The number of aliphatic hydroxyl groups excluding tert-OH is 1. The zero-order valence-corrected chi connectivity index (χ0v) is 18.8. The van der Waals surface area contributed by atoms with Gasteiger partial charge in [-0.2, -0.15) is 0 Å². The summed E-state index contributed by atoms with van der Waals surface area (Å²) in [4.78, 5) is 12.4. The van der Waals surface area contributed by atoms with Gasteiger partial charge in [-0.25, -0.2) is 0 Å². The van der Waals surface area contributed by atoms with Gasteiger partial charge in [0.15, 0.2) is 0 Å². The predicted molar refractivity (Wildman–Crippen MR) is 129 cm³/mol. The van der Waals surface area contributed by atoms with Crippen LogP contribution in [0.4, 0.5) is 0 Å². The molecule has 0 radical (unpaired) electrons. The maximum Gasteiger partial charge on any atom is 0.251 e. The van der Waals surface area contributed by atoms with Crippen molar-refractivity contribution in [3.8, 4) is 5.75 Å². The molecule has 0 bridgehead atoms. The van der Waals surface area contributed by atoms with Gasteiger partial charge < -0.3 is 20.4 Å². The highest BCUT2D eigenvalue weighted by Crippen LogP contribution is 2.24. The first kappa shape index (κ1) is 24.0. The number of benzene rings is 3. The summed E-state index contributed by atoms with van der Waals surface area (Å²) in [6.07, 6.45) is 2.27. The van der Waals surface area contributed by atoms with Crippen LogP contribution in [0.25, 0.3) is 0 Å². The van der Waals surface area contributed by atoms with Crippen LogP contribution in [0.2, 0.25) is 0 Å². The van der Waals surface area contributed by atoms with Crippen LogP contribution in [0, 0.1) is 0 Å². The van der Waals surface area contributed by atoms with Gasteiger partial charge in [0, 0.05) is 12.1 Å². The summed E-state index contributed by atoms with van der Waals surface area (Å²) in [5.41, 5.74) is 5.07. The van der Waals surface area contributed by atoms with E-state index >= 15 is 0 Å². The number of hydrogen-bond donors (Lipinski definition) is 3. The van der Waals surface area contributed by atoms with E-state index in [0.717, 1.165) is 47.3 Å². The van der Waals surface area contributed by atoms with E-state index in [2.05, 4.69) is 10.5 Å². The maximum atomic E-state index is 12.4. The van der Waals surface area contributed by atoms with Crippen LogP contribution >= 0.6 is 0 Å². The Labute approximate surface area is 194 Å². The largest absolute Gasteiger partial charge is 0.489 e. The summed E-state index contributed by atoms with van der Waals surface area (Å²) >= 11 is 0. The average Bonchev–Trinajstić information content (AvgIpc) is 2.86. The van der Waals surface area contributed by atoms with Crippen molar-refractivity contribution >= 4 is 11.6 Å². The Morgan fingerprint density at radius 3 is 2.45 bits per heavy atom. The molecule has 0 saturated carbocycles. The number of nitrogens with one attached hydrogen (secondary N) is 1. The minimum atomic E-state index is -0.177. The Morgan fingerprint density at radius 2 is 1.70 bits per heavy atom. The Balaban J connectivity index is 1.73. The van der Waals surface area contributed by atoms with Gasteiger partial charge in [0.1, 0.15) is 12.4 Å². The highest BCUT2D eigenvalue weighted by molar-refractivity contribution is 5.98. The van der Waals surface area contributed by atoms with Crippen molar-refractivity contribution in [3.05, 3.63) is 101 Å². The van der Waals surface area contributed by atoms with E-state index < -0.39 is 0 Å². The number of aliphatic hydroxyl groups is 1. The maximum absolute atomic E-state index is 12.4. The molecule has 6 nitrogen and oxygen atoms in total. The van der Waals surface area contributed by atoms with Gasteiger partial charge in [-0.1, -0.05) is 53.7 Å². The quantitative estimate of drug-likeness (QED) is 0.232. The second-order valence-electron chi connectivity index (χ2n) is 7.77. The fourth-order valence-electron chi connectivity index (χ4n) is 3.63. The Kier molecular flexibility index (Phi) is 9.03. The summed E-state index contributed by atoms with van der Waals surface area (Å²) < 4.78 is 6.11. The number of carbonyl (C=O) groups is 1. The summed E-state index contributed by atoms with van der Waals surface area (Å²) in [6, 6.07) is 23.3. The lowest BCUT2D eigenvalue weighted by Gasteiger charge is -2.14. The van der Waals surface area contributed by atoms with Crippen molar-refractivity contribution < 1.29 is 19.8 Å². The van der Waals surface area contributed by atoms with Crippen LogP contribution in [-0.2, 0) is 19.4 Å². The predicted octanol–water partition coefficient (Wildman–Crippen LogP) is 4.36. The van der Waals surface area contributed by atoms with Crippen LogP contribution < -0.4 is 10.1 Å². The van der Waals surface area contributed by atoms with Gasteiger partial charge in [-0.05, 0) is 72.7 Å². The van der Waals surface area contributed by atoms with E-state index in [4.69, 9.17) is 9.84 Å². The van der Waals surface area contributed by atoms with Crippen molar-refractivity contribution in [2.45, 2.75) is 32.8 Å². The molecule has 3 aromatic carbocycles. The van der Waals surface area contributed by atoms with Crippen molar-refractivity contribution in [1.82, 2.24) is 5.32 Å². The minimum absolute atomic E-state index is 0.0907. The van der Waals surface area contributed by atoms with E-state index in [1.165, 1.54) is 0 Å². The summed E-state index contributed by atoms with van der Waals surface area (Å²) in [7, 11) is 0. The molecule has 0 spiro atoms. The topological polar surface area (TPSA) is 91.2 Å². The van der Waals surface area contributed by atoms with Crippen molar-refractivity contribution in [3.63, 3.8) is 0 Å². The first-order chi connectivity index (χ1) is 16.1. The molecular formula is C27H30N2O4. The SMILES string of the molecule is CC(=NO)c1ccc(OCc2ccccc2)c(CCCc2ccccc2C(=O)NCCO)c1. The molecule has 0 aliphatic heterocycles. The molecule has 1 amide bonds. The molecule has 33 heavy (non-hydrogen) atoms. The molecule has 3 rings (SSSR count). The van der Waals surface area contributed by atoms with Crippen molar-refractivity contribution in [2.75, 3.05) is 13.2 Å². The molecule has 0 heterocycles. The van der Waals surface area contributed by atoms with E-state index in [0.29, 0.717) is 17.9 Å². The smallest absolute Gasteiger partial charge is 0.251 e. The molecule has 0 fully saturated rings. The number of hydrogen-bond acceptors (Lipinski definition) is 5. The fourth-order valence-corrected chi connectivity index (χ4v) is 3.63. The van der Waals surface area contributed by atoms with Crippen molar-refractivity contribution in [1.29, 1.82) is 0 Å². The Hall–Kier alpha value is -3.64. The molecule has 172 valence electrons. The van der Waals surface area contributed by atoms with E-state index in [9.17, 15) is 10.0 Å². The highest BCUT2D eigenvalue weighted by atomic mass is 16.5. The van der Waals surface area contributed by atoms with Gasteiger partial charge in [0.25, 0.3) is 5.91 Å². The van der Waals surface area contributed by atoms with E-state index in [-0.39, 0.29) is 19.1 Å². The van der Waals surface area contributed by atoms with E-state index in [1.54, 1.807) is 13.0 Å². The third-order valence-corrected chi connectivity index (χ3v) is 5.42. The van der Waals surface area contributed by atoms with Gasteiger partial charge in [-0.3, -0.25) is 4.79 Å². The third kappa shape index (κ3) is 6.92. The number of oxime groups is 1. The van der Waals surface area contributed by atoms with Crippen LogP contribution in [0.5, 0.6) is 5.75 Å². The lowest BCUT2D eigenvalue weighted by atomic mass is 9.97. The minimum Gasteiger partial charge on any atom is -0.489 e. The number of amides is 1. The third-order valence-electron chi connectivity index (χ3n) is 5.42. The standard InChI is InChI=1S/C27H30N2O4/c1-20(29-32)23-14-15-26(33-19-21-8-3-2-4-9-21)24(18-23)12-7-11-22-10-5-6-13-25(22)27(31)28-16-17-30/h2-6,8-10,13-15,18,30,32H,7,11-12,16-17,19H2,1H3,(H,28,31). The van der Waals surface area contributed by atoms with Gasteiger partial charge in [0.05, 0.1) is 12.3 Å². The highest BCUT2D eigenvalue weighted by Gasteiger charge is 2.12. The zero-order valence-electron chi connectivity index (χ0n) is 18.8. The first-order valence-corrected chi connectivity index (χ1v) is 11.1. The van der Waals surface area contributed by atoms with Crippen LogP contribution in [0.15, 0.2) is 78.0 Å². The average molecular weight is 447 g/mol. The monoisotopic (exact) mass is 446 g/mol. The summed E-state index contributed by atoms with van der Waals surface area (Å²) in [5, 5.41) is 24.2. The molecule has 6 heteroatoms. The Morgan fingerprint density at radius 1 is 0.970 bits per heavy atom. The second kappa shape index (κ2) is 12.4.